The highest BCUT2D eigenvalue weighted by Crippen LogP contribution is 2.48. The molecule has 2 aromatic carbocycles. The number of ether oxygens (including phenoxy) is 1. The first-order chi connectivity index (χ1) is 16.7. The number of fused-ring (bicyclic) bond motifs is 1. The van der Waals surface area contributed by atoms with Crippen LogP contribution in [0.4, 0.5) is 18.9 Å². The second-order valence-corrected chi connectivity index (χ2v) is 7.92. The van der Waals surface area contributed by atoms with E-state index in [0.29, 0.717) is 0 Å². The summed E-state index contributed by atoms with van der Waals surface area (Å²) in [7, 11) is 0. The number of nitrogens with one attached hydrogen (secondary N) is 3. The van der Waals surface area contributed by atoms with Crippen LogP contribution in [0.15, 0.2) is 59.8 Å². The number of aromatic amines is 1. The van der Waals surface area contributed by atoms with Gasteiger partial charge in [0.1, 0.15) is 0 Å². The number of H-pyrrole nitrogens is 1. The van der Waals surface area contributed by atoms with E-state index in [9.17, 15) is 27.6 Å². The standard InChI is InChI=1S/C24H21F3N4O4/c1-2-35-23(34)20-18(21(32)30-15-7-5-6-14(10-15)24(25,26)27)19(20)22(33)31-29-12-13-11-28-17-9-4-3-8-16(13)17/h3-12,18-20,28H,2H2,1H3,(H,30,32)(H,31,33)/b29-12+/t18-,19+,20+/m0/s1. The number of rotatable bonds is 7. The van der Waals surface area contributed by atoms with E-state index >= 15 is 0 Å². The Balaban J connectivity index is 1.46. The average Bonchev–Trinajstić information content (AvgIpc) is 3.46. The Morgan fingerprint density at radius 1 is 1.06 bits per heavy atom. The third kappa shape index (κ3) is 5.18. The summed E-state index contributed by atoms with van der Waals surface area (Å²) < 4.78 is 43.8. The molecule has 0 aliphatic heterocycles. The molecular weight excluding hydrogens is 465 g/mol. The van der Waals surface area contributed by atoms with E-state index in [1.165, 1.54) is 12.3 Å². The zero-order chi connectivity index (χ0) is 25.2. The number of benzene rings is 2. The van der Waals surface area contributed by atoms with Gasteiger partial charge in [-0.15, -0.1) is 0 Å². The number of hydrogen-bond acceptors (Lipinski definition) is 5. The minimum atomic E-state index is -4.58. The van der Waals surface area contributed by atoms with Crippen LogP contribution in [0.2, 0.25) is 0 Å². The van der Waals surface area contributed by atoms with Crippen molar-refractivity contribution in [3.05, 3.63) is 65.9 Å². The van der Waals surface area contributed by atoms with Gasteiger partial charge in [0.05, 0.1) is 36.1 Å². The van der Waals surface area contributed by atoms with E-state index < -0.39 is 47.3 Å². The van der Waals surface area contributed by atoms with Crippen LogP contribution >= 0.6 is 0 Å². The summed E-state index contributed by atoms with van der Waals surface area (Å²) in [6.07, 6.45) is -1.45. The van der Waals surface area contributed by atoms with Crippen LogP contribution in [-0.4, -0.2) is 35.6 Å². The van der Waals surface area contributed by atoms with Crippen LogP contribution in [-0.2, 0) is 25.3 Å². The van der Waals surface area contributed by atoms with Crippen LogP contribution in [0, 0.1) is 17.8 Å². The number of alkyl halides is 3. The van der Waals surface area contributed by atoms with Crippen molar-refractivity contribution in [2.24, 2.45) is 22.9 Å². The molecule has 0 bridgehead atoms. The maximum absolute atomic E-state index is 13.0. The zero-order valence-electron chi connectivity index (χ0n) is 18.4. The van der Waals surface area contributed by atoms with Gasteiger partial charge >= 0.3 is 12.1 Å². The summed E-state index contributed by atoms with van der Waals surface area (Å²) in [5, 5.41) is 7.17. The van der Waals surface area contributed by atoms with Gasteiger partial charge in [0.25, 0.3) is 0 Å². The summed E-state index contributed by atoms with van der Waals surface area (Å²) in [5.74, 6) is -5.42. The lowest BCUT2D eigenvalue weighted by molar-refractivity contribution is -0.146. The topological polar surface area (TPSA) is 113 Å². The Kier molecular flexibility index (Phi) is 6.59. The first-order valence-corrected chi connectivity index (χ1v) is 10.7. The molecule has 1 heterocycles. The molecule has 0 spiro atoms. The second-order valence-electron chi connectivity index (χ2n) is 7.92. The number of carbonyl (C=O) groups excluding carboxylic acids is 3. The molecule has 182 valence electrons. The second kappa shape index (κ2) is 9.61. The largest absolute Gasteiger partial charge is 0.466 e. The molecule has 4 rings (SSSR count). The van der Waals surface area contributed by atoms with Crippen molar-refractivity contribution in [3.63, 3.8) is 0 Å². The van der Waals surface area contributed by atoms with Crippen molar-refractivity contribution in [2.75, 3.05) is 11.9 Å². The van der Waals surface area contributed by atoms with Crippen molar-refractivity contribution in [1.29, 1.82) is 0 Å². The molecule has 1 aliphatic carbocycles. The van der Waals surface area contributed by atoms with E-state index in [-0.39, 0.29) is 12.3 Å². The zero-order valence-corrected chi connectivity index (χ0v) is 18.4. The van der Waals surface area contributed by atoms with E-state index in [4.69, 9.17) is 4.74 Å². The van der Waals surface area contributed by atoms with Gasteiger partial charge in [0, 0.05) is 28.4 Å². The van der Waals surface area contributed by atoms with Gasteiger partial charge < -0.3 is 15.0 Å². The van der Waals surface area contributed by atoms with Gasteiger partial charge in [-0.1, -0.05) is 24.3 Å². The van der Waals surface area contributed by atoms with Gasteiger partial charge in [-0.2, -0.15) is 18.3 Å². The van der Waals surface area contributed by atoms with E-state index in [2.05, 4.69) is 20.8 Å². The fraction of sp³-hybridized carbons (Fsp3) is 0.250. The summed E-state index contributed by atoms with van der Waals surface area (Å²) in [6, 6.07) is 11.6. The summed E-state index contributed by atoms with van der Waals surface area (Å²) >= 11 is 0. The summed E-state index contributed by atoms with van der Waals surface area (Å²) in [6.45, 7) is 1.63. The smallest absolute Gasteiger partial charge is 0.416 e. The number of carbonyl (C=O) groups is 3. The molecule has 0 radical (unpaired) electrons. The molecule has 0 unspecified atom stereocenters. The van der Waals surface area contributed by atoms with Gasteiger partial charge in [-0.25, -0.2) is 5.43 Å². The predicted octanol–water partition coefficient (Wildman–Crippen LogP) is 3.70. The highest BCUT2D eigenvalue weighted by Gasteiger charge is 2.63. The molecule has 35 heavy (non-hydrogen) atoms. The van der Waals surface area contributed by atoms with Crippen molar-refractivity contribution < 1.29 is 32.3 Å². The van der Waals surface area contributed by atoms with Gasteiger partial charge in [-0.3, -0.25) is 14.4 Å². The lowest BCUT2D eigenvalue weighted by atomic mass is 10.2. The van der Waals surface area contributed by atoms with Crippen molar-refractivity contribution in [2.45, 2.75) is 13.1 Å². The van der Waals surface area contributed by atoms with Crippen molar-refractivity contribution >= 4 is 40.6 Å². The Bertz CT molecular complexity index is 1300. The summed E-state index contributed by atoms with van der Waals surface area (Å²) in [5.41, 5.74) is 2.90. The lowest BCUT2D eigenvalue weighted by Gasteiger charge is -2.10. The third-order valence-electron chi connectivity index (χ3n) is 5.64. The van der Waals surface area contributed by atoms with E-state index in [1.807, 2.05) is 24.3 Å². The quantitative estimate of drug-likeness (QED) is 0.269. The minimum Gasteiger partial charge on any atom is -0.466 e. The summed E-state index contributed by atoms with van der Waals surface area (Å²) in [4.78, 5) is 40.8. The number of para-hydroxylation sites is 1. The molecule has 3 N–H and O–H groups in total. The molecule has 3 aromatic rings. The number of halogens is 3. The fourth-order valence-electron chi connectivity index (χ4n) is 3.93. The number of amides is 2. The number of aromatic nitrogens is 1. The first kappa shape index (κ1) is 24.0. The fourth-order valence-corrected chi connectivity index (χ4v) is 3.93. The number of esters is 1. The van der Waals surface area contributed by atoms with Gasteiger partial charge in [-0.05, 0) is 31.2 Å². The Morgan fingerprint density at radius 2 is 1.80 bits per heavy atom. The van der Waals surface area contributed by atoms with Crippen LogP contribution in [0.25, 0.3) is 10.9 Å². The lowest BCUT2D eigenvalue weighted by Crippen LogP contribution is -2.24. The van der Waals surface area contributed by atoms with Gasteiger partial charge in [0.15, 0.2) is 0 Å². The molecule has 1 aliphatic rings. The van der Waals surface area contributed by atoms with E-state index in [0.717, 1.165) is 34.7 Å². The van der Waals surface area contributed by atoms with Gasteiger partial charge in [0.2, 0.25) is 11.8 Å². The van der Waals surface area contributed by atoms with Crippen LogP contribution in [0.1, 0.15) is 18.1 Å². The Morgan fingerprint density at radius 3 is 2.54 bits per heavy atom. The minimum absolute atomic E-state index is 0.0460. The van der Waals surface area contributed by atoms with E-state index in [1.54, 1.807) is 13.1 Å². The van der Waals surface area contributed by atoms with Crippen molar-refractivity contribution in [3.8, 4) is 0 Å². The molecule has 11 heteroatoms. The highest BCUT2D eigenvalue weighted by molar-refractivity contribution is 6.05. The Hall–Kier alpha value is -4.15. The SMILES string of the molecule is CCOC(=O)[C@H]1[C@H](C(=O)N/N=C/c2c[nH]c3ccccc23)[C@@H]1C(=O)Nc1cccc(C(F)(F)F)c1. The number of anilines is 1. The average molecular weight is 486 g/mol. The monoisotopic (exact) mass is 486 g/mol. The molecule has 2 amide bonds. The molecule has 0 saturated heterocycles. The van der Waals surface area contributed by atoms with Crippen LogP contribution < -0.4 is 10.7 Å². The van der Waals surface area contributed by atoms with Crippen LogP contribution in [0.3, 0.4) is 0 Å². The molecule has 3 atom stereocenters. The number of hydrogen-bond donors (Lipinski definition) is 3. The first-order valence-electron chi connectivity index (χ1n) is 10.7. The number of hydrazone groups is 1. The Labute approximate surface area is 197 Å². The normalized spacial score (nSPS) is 19.5. The third-order valence-corrected chi connectivity index (χ3v) is 5.64. The maximum atomic E-state index is 13.0. The molecule has 1 saturated carbocycles. The van der Waals surface area contributed by atoms with Crippen LogP contribution in [0.5, 0.6) is 0 Å². The number of nitrogens with zero attached hydrogens (tertiary/aromatic N) is 1. The molecule has 1 aromatic heterocycles. The molecule has 8 nitrogen and oxygen atoms in total. The molecule has 1 fully saturated rings. The predicted molar refractivity (Wildman–Crippen MR) is 121 cm³/mol. The molecular formula is C24H21F3N4O4. The highest BCUT2D eigenvalue weighted by atomic mass is 19.4. The maximum Gasteiger partial charge on any atom is 0.416 e. The van der Waals surface area contributed by atoms with Crippen molar-refractivity contribution in [1.82, 2.24) is 10.4 Å².